The van der Waals surface area contributed by atoms with Gasteiger partial charge in [0.1, 0.15) is 10.0 Å². The van der Waals surface area contributed by atoms with E-state index in [0.29, 0.717) is 9.90 Å². The quantitative estimate of drug-likeness (QED) is 0.873. The lowest BCUT2D eigenvalue weighted by molar-refractivity contribution is 0.603. The zero-order valence-corrected chi connectivity index (χ0v) is 15.5. The van der Waals surface area contributed by atoms with Gasteiger partial charge in [0.2, 0.25) is 0 Å². The lowest BCUT2D eigenvalue weighted by Gasteiger charge is -2.21. The first kappa shape index (κ1) is 17.2. The number of thiophene rings is 1. The Balaban J connectivity index is 1.71. The average Bonchev–Trinajstić information content (AvgIpc) is 2.92. The fraction of sp³-hybridized carbons (Fsp3) is 0.471. The molecular formula is C17H23N3O2S2. The molecule has 0 saturated carbocycles. The van der Waals surface area contributed by atoms with Gasteiger partial charge in [-0.25, -0.2) is 13.4 Å². The third-order valence-corrected chi connectivity index (χ3v) is 7.28. The summed E-state index contributed by atoms with van der Waals surface area (Å²) >= 11 is 1.31. The first-order valence-electron chi connectivity index (χ1n) is 8.41. The largest absolute Gasteiger partial charge is 0.357 e. The van der Waals surface area contributed by atoms with Crippen molar-refractivity contribution >= 4 is 32.9 Å². The Bertz CT molecular complexity index is 761. The molecule has 0 amide bonds. The number of nitrogens with zero attached hydrogens (tertiary/aromatic N) is 2. The summed E-state index contributed by atoms with van der Waals surface area (Å²) in [5.74, 6) is 0.921. The van der Waals surface area contributed by atoms with Gasteiger partial charge in [0, 0.05) is 18.0 Å². The summed E-state index contributed by atoms with van der Waals surface area (Å²) in [6.07, 6.45) is 7.37. The van der Waals surface area contributed by atoms with Crippen LogP contribution in [0.3, 0.4) is 0 Å². The molecule has 1 aliphatic rings. The monoisotopic (exact) mass is 365 g/mol. The molecule has 1 saturated heterocycles. The van der Waals surface area contributed by atoms with Crippen LogP contribution in [0.1, 0.15) is 37.5 Å². The summed E-state index contributed by atoms with van der Waals surface area (Å²) in [5, 5.41) is 0. The first-order valence-corrected chi connectivity index (χ1v) is 10.7. The summed E-state index contributed by atoms with van der Waals surface area (Å²) in [6, 6.07) is 7.21. The highest BCUT2D eigenvalue weighted by molar-refractivity contribution is 7.94. The molecule has 0 spiro atoms. The molecule has 24 heavy (non-hydrogen) atoms. The van der Waals surface area contributed by atoms with Crippen molar-refractivity contribution in [3.05, 3.63) is 35.3 Å². The fourth-order valence-electron chi connectivity index (χ4n) is 2.83. The van der Waals surface area contributed by atoms with Crippen LogP contribution in [0.2, 0.25) is 0 Å². The van der Waals surface area contributed by atoms with Crippen LogP contribution in [-0.4, -0.2) is 26.5 Å². The van der Waals surface area contributed by atoms with Gasteiger partial charge in [0.25, 0.3) is 10.0 Å². The smallest absolute Gasteiger partial charge is 0.271 e. The van der Waals surface area contributed by atoms with E-state index in [-0.39, 0.29) is 0 Å². The second-order valence-electron chi connectivity index (χ2n) is 5.99. The van der Waals surface area contributed by atoms with Crippen molar-refractivity contribution < 1.29 is 8.42 Å². The molecule has 0 bridgehead atoms. The van der Waals surface area contributed by atoms with E-state index in [1.807, 2.05) is 19.1 Å². The van der Waals surface area contributed by atoms with Gasteiger partial charge in [-0.3, -0.25) is 4.72 Å². The summed E-state index contributed by atoms with van der Waals surface area (Å²) in [7, 11) is -3.53. The number of rotatable bonds is 5. The third-order valence-electron chi connectivity index (χ3n) is 4.18. The van der Waals surface area contributed by atoms with Gasteiger partial charge in [0.15, 0.2) is 0 Å². The molecule has 7 heteroatoms. The van der Waals surface area contributed by atoms with Crippen molar-refractivity contribution in [3.8, 4) is 0 Å². The van der Waals surface area contributed by atoms with Gasteiger partial charge in [-0.15, -0.1) is 11.3 Å². The SMILES string of the molecule is CCc1ccc(S(=O)(=O)Nc2ccc(N3CCCCCC3)nc2)s1. The van der Waals surface area contributed by atoms with Gasteiger partial charge in [-0.1, -0.05) is 19.8 Å². The van der Waals surface area contributed by atoms with E-state index in [1.165, 1.54) is 37.0 Å². The predicted octanol–water partition coefficient (Wildman–Crippen LogP) is 3.89. The van der Waals surface area contributed by atoms with Crippen molar-refractivity contribution in [2.45, 2.75) is 43.2 Å². The minimum absolute atomic E-state index is 0.343. The highest BCUT2D eigenvalue weighted by Crippen LogP contribution is 2.25. The molecule has 1 aliphatic heterocycles. The van der Waals surface area contributed by atoms with Crippen LogP contribution in [0.4, 0.5) is 11.5 Å². The molecule has 5 nitrogen and oxygen atoms in total. The first-order chi connectivity index (χ1) is 11.6. The fourth-order valence-corrected chi connectivity index (χ4v) is 5.17. The Morgan fingerprint density at radius 3 is 2.46 bits per heavy atom. The van der Waals surface area contributed by atoms with Gasteiger partial charge in [-0.05, 0) is 43.5 Å². The molecule has 0 aromatic carbocycles. The van der Waals surface area contributed by atoms with Crippen molar-refractivity contribution in [1.82, 2.24) is 4.98 Å². The standard InChI is InChI=1S/C17H23N3O2S2/c1-2-15-8-10-17(23-15)24(21,22)19-14-7-9-16(18-13-14)20-11-5-3-4-6-12-20/h7-10,13,19H,2-6,11-12H2,1H3. The second-order valence-corrected chi connectivity index (χ2v) is 9.06. The topological polar surface area (TPSA) is 62.3 Å². The Kier molecular flexibility index (Phi) is 5.40. The van der Waals surface area contributed by atoms with E-state index < -0.39 is 10.0 Å². The van der Waals surface area contributed by atoms with E-state index in [1.54, 1.807) is 18.3 Å². The zero-order valence-electron chi connectivity index (χ0n) is 13.9. The molecule has 2 aromatic heterocycles. The van der Waals surface area contributed by atoms with Gasteiger partial charge >= 0.3 is 0 Å². The highest BCUT2D eigenvalue weighted by Gasteiger charge is 2.17. The number of anilines is 2. The van der Waals surface area contributed by atoms with Crippen molar-refractivity contribution in [3.63, 3.8) is 0 Å². The summed E-state index contributed by atoms with van der Waals surface area (Å²) < 4.78 is 27.8. The third kappa shape index (κ3) is 4.08. The normalized spacial score (nSPS) is 16.0. The molecule has 2 aromatic rings. The van der Waals surface area contributed by atoms with Crippen LogP contribution in [0.5, 0.6) is 0 Å². The molecule has 0 radical (unpaired) electrons. The second kappa shape index (κ2) is 7.53. The lowest BCUT2D eigenvalue weighted by Crippen LogP contribution is -2.24. The number of nitrogens with one attached hydrogen (secondary N) is 1. The molecule has 130 valence electrons. The Labute approximate surface area is 147 Å². The summed E-state index contributed by atoms with van der Waals surface area (Å²) in [4.78, 5) is 7.78. The van der Waals surface area contributed by atoms with Crippen molar-refractivity contribution in [2.24, 2.45) is 0 Å². The molecule has 3 heterocycles. The Morgan fingerprint density at radius 2 is 1.88 bits per heavy atom. The molecule has 1 N–H and O–H groups in total. The minimum Gasteiger partial charge on any atom is -0.357 e. The molecular weight excluding hydrogens is 342 g/mol. The minimum atomic E-state index is -3.53. The molecule has 0 atom stereocenters. The van der Waals surface area contributed by atoms with Crippen molar-refractivity contribution in [2.75, 3.05) is 22.7 Å². The van der Waals surface area contributed by atoms with Crippen molar-refractivity contribution in [1.29, 1.82) is 0 Å². The highest BCUT2D eigenvalue weighted by atomic mass is 32.2. The summed E-state index contributed by atoms with van der Waals surface area (Å²) in [5.41, 5.74) is 0.500. The number of hydrogen-bond donors (Lipinski definition) is 1. The van der Waals surface area contributed by atoms with Gasteiger partial charge < -0.3 is 4.90 Å². The maximum absolute atomic E-state index is 12.4. The molecule has 0 aliphatic carbocycles. The number of pyridine rings is 1. The number of hydrogen-bond acceptors (Lipinski definition) is 5. The van der Waals surface area contributed by atoms with Crippen LogP contribution < -0.4 is 9.62 Å². The van der Waals surface area contributed by atoms with E-state index in [4.69, 9.17) is 0 Å². The van der Waals surface area contributed by atoms with Crippen LogP contribution in [0.25, 0.3) is 0 Å². The summed E-state index contributed by atoms with van der Waals surface area (Å²) in [6.45, 7) is 4.06. The number of sulfonamides is 1. The Morgan fingerprint density at radius 1 is 1.12 bits per heavy atom. The van der Waals surface area contributed by atoms with E-state index >= 15 is 0 Å². The molecule has 1 fully saturated rings. The zero-order chi connectivity index (χ0) is 17.0. The van der Waals surface area contributed by atoms with Crippen LogP contribution in [0, 0.1) is 0 Å². The molecule has 0 unspecified atom stereocenters. The van der Waals surface area contributed by atoms with Crippen LogP contribution in [0.15, 0.2) is 34.7 Å². The van der Waals surface area contributed by atoms with E-state index in [0.717, 1.165) is 30.2 Å². The maximum atomic E-state index is 12.4. The predicted molar refractivity (Wildman–Crippen MR) is 99.4 cm³/mol. The lowest BCUT2D eigenvalue weighted by atomic mass is 10.2. The maximum Gasteiger partial charge on any atom is 0.271 e. The van der Waals surface area contributed by atoms with E-state index in [9.17, 15) is 8.42 Å². The number of aryl methyl sites for hydroxylation is 1. The average molecular weight is 366 g/mol. The number of aromatic nitrogens is 1. The molecule has 3 rings (SSSR count). The van der Waals surface area contributed by atoms with Crippen LogP contribution in [-0.2, 0) is 16.4 Å². The van der Waals surface area contributed by atoms with Gasteiger partial charge in [0.05, 0.1) is 11.9 Å². The Hall–Kier alpha value is -1.60. The van der Waals surface area contributed by atoms with Gasteiger partial charge in [-0.2, -0.15) is 0 Å². The van der Waals surface area contributed by atoms with E-state index in [2.05, 4.69) is 14.6 Å². The van der Waals surface area contributed by atoms with Crippen LogP contribution >= 0.6 is 11.3 Å².